The van der Waals surface area contributed by atoms with E-state index in [2.05, 4.69) is 52.8 Å². The van der Waals surface area contributed by atoms with Crippen LogP contribution in [0.1, 0.15) is 33.1 Å². The third-order valence-electron chi connectivity index (χ3n) is 5.44. The fourth-order valence-corrected chi connectivity index (χ4v) is 3.92. The number of guanidine groups is 1. The molecule has 0 aromatic heterocycles. The largest absolute Gasteiger partial charge is 0.371 e. The molecule has 0 spiro atoms. The molecular formula is C21H33N5O. The van der Waals surface area contributed by atoms with Crippen LogP contribution >= 0.6 is 0 Å². The molecule has 2 unspecified atom stereocenters. The van der Waals surface area contributed by atoms with Crippen molar-refractivity contribution >= 4 is 17.6 Å². The summed E-state index contributed by atoms with van der Waals surface area (Å²) in [6.07, 6.45) is 2.75. The summed E-state index contributed by atoms with van der Waals surface area (Å²) in [5.41, 5.74) is 1.31. The second-order valence-electron chi connectivity index (χ2n) is 7.48. The third-order valence-corrected chi connectivity index (χ3v) is 5.44. The van der Waals surface area contributed by atoms with E-state index in [-0.39, 0.29) is 5.91 Å². The number of nitrogens with zero attached hydrogens (tertiary/aromatic N) is 3. The smallest absolute Gasteiger partial charge is 0.222 e. The molecule has 6 heteroatoms. The third kappa shape index (κ3) is 5.37. The van der Waals surface area contributed by atoms with Crippen molar-refractivity contribution < 1.29 is 4.79 Å². The lowest BCUT2D eigenvalue weighted by Gasteiger charge is -2.20. The normalized spacial score (nSPS) is 23.0. The van der Waals surface area contributed by atoms with E-state index in [1.807, 2.05) is 11.8 Å². The molecule has 3 rings (SSSR count). The Kier molecular flexibility index (Phi) is 6.96. The number of aliphatic imine (C=N–C) groups is 1. The molecule has 2 atom stereocenters. The summed E-state index contributed by atoms with van der Waals surface area (Å²) in [5.74, 6) is 1.71. The first-order valence-electron chi connectivity index (χ1n) is 10.3. The van der Waals surface area contributed by atoms with Crippen molar-refractivity contribution in [1.82, 2.24) is 15.5 Å². The van der Waals surface area contributed by atoms with Crippen molar-refractivity contribution in [1.29, 1.82) is 0 Å². The molecule has 1 aromatic carbocycles. The Morgan fingerprint density at radius 3 is 2.70 bits per heavy atom. The second kappa shape index (κ2) is 9.62. The molecule has 0 saturated carbocycles. The second-order valence-corrected chi connectivity index (χ2v) is 7.48. The predicted octanol–water partition coefficient (Wildman–Crippen LogP) is 2.08. The molecular weight excluding hydrogens is 338 g/mol. The van der Waals surface area contributed by atoms with Crippen molar-refractivity contribution in [3.05, 3.63) is 30.3 Å². The number of likely N-dealkylation sites (tertiary alicyclic amines) is 1. The Bertz CT molecular complexity index is 633. The minimum Gasteiger partial charge on any atom is -0.371 e. The molecule has 27 heavy (non-hydrogen) atoms. The number of hydrogen-bond donors (Lipinski definition) is 2. The van der Waals surface area contributed by atoms with Crippen LogP contribution in [0.25, 0.3) is 0 Å². The zero-order valence-electron chi connectivity index (χ0n) is 16.7. The van der Waals surface area contributed by atoms with Gasteiger partial charge in [0.15, 0.2) is 5.96 Å². The molecule has 0 radical (unpaired) electrons. The van der Waals surface area contributed by atoms with Gasteiger partial charge in [-0.15, -0.1) is 0 Å². The number of benzene rings is 1. The molecule has 1 aromatic rings. The van der Waals surface area contributed by atoms with E-state index in [9.17, 15) is 4.79 Å². The molecule has 2 saturated heterocycles. The topological polar surface area (TPSA) is 60.0 Å². The number of nitrogens with one attached hydrogen (secondary N) is 2. The molecule has 0 bridgehead atoms. The fraction of sp³-hybridized carbons (Fsp3) is 0.619. The Labute approximate surface area is 163 Å². The van der Waals surface area contributed by atoms with Crippen LogP contribution in [0, 0.1) is 5.92 Å². The highest BCUT2D eigenvalue weighted by Gasteiger charge is 2.26. The Morgan fingerprint density at radius 1 is 1.15 bits per heavy atom. The van der Waals surface area contributed by atoms with Crippen molar-refractivity contribution in [3.63, 3.8) is 0 Å². The van der Waals surface area contributed by atoms with Gasteiger partial charge in [-0.2, -0.15) is 0 Å². The molecule has 148 valence electrons. The zero-order valence-corrected chi connectivity index (χ0v) is 16.7. The summed E-state index contributed by atoms with van der Waals surface area (Å²) in [5, 5.41) is 6.88. The molecule has 6 nitrogen and oxygen atoms in total. The first-order valence-corrected chi connectivity index (χ1v) is 10.3. The van der Waals surface area contributed by atoms with Crippen molar-refractivity contribution in [2.45, 2.75) is 39.2 Å². The summed E-state index contributed by atoms with van der Waals surface area (Å²) in [4.78, 5) is 21.1. The SMILES string of the molecule is CCNC(=NCC1CCN(c2ccccc2)C1)NC1CCN(C(=O)CC)C1. The van der Waals surface area contributed by atoms with Gasteiger partial charge in [-0.05, 0) is 37.8 Å². The molecule has 2 fully saturated rings. The highest BCUT2D eigenvalue weighted by atomic mass is 16.2. The molecule has 0 aliphatic carbocycles. The number of amides is 1. The van der Waals surface area contributed by atoms with E-state index in [4.69, 9.17) is 4.99 Å². The van der Waals surface area contributed by atoms with Crippen LogP contribution < -0.4 is 15.5 Å². The van der Waals surface area contributed by atoms with Crippen LogP contribution in [0.15, 0.2) is 35.3 Å². The van der Waals surface area contributed by atoms with Gasteiger partial charge in [0, 0.05) is 57.4 Å². The highest BCUT2D eigenvalue weighted by molar-refractivity contribution is 5.80. The van der Waals surface area contributed by atoms with Gasteiger partial charge in [-0.1, -0.05) is 25.1 Å². The van der Waals surface area contributed by atoms with Crippen LogP contribution in [0.5, 0.6) is 0 Å². The van der Waals surface area contributed by atoms with E-state index >= 15 is 0 Å². The van der Waals surface area contributed by atoms with Gasteiger partial charge in [0.1, 0.15) is 0 Å². The van der Waals surface area contributed by atoms with E-state index in [1.54, 1.807) is 0 Å². The summed E-state index contributed by atoms with van der Waals surface area (Å²) in [7, 11) is 0. The lowest BCUT2D eigenvalue weighted by atomic mass is 10.1. The van der Waals surface area contributed by atoms with Crippen molar-refractivity contribution in [3.8, 4) is 0 Å². The maximum absolute atomic E-state index is 11.9. The van der Waals surface area contributed by atoms with E-state index in [0.29, 0.717) is 18.4 Å². The van der Waals surface area contributed by atoms with Crippen LogP contribution in [0.4, 0.5) is 5.69 Å². The van der Waals surface area contributed by atoms with Gasteiger partial charge >= 0.3 is 0 Å². The lowest BCUT2D eigenvalue weighted by Crippen LogP contribution is -2.45. The Hall–Kier alpha value is -2.24. The molecule has 1 amide bonds. The molecule has 2 N–H and O–H groups in total. The molecule has 2 aliphatic heterocycles. The number of para-hydroxylation sites is 1. The minimum absolute atomic E-state index is 0.244. The number of carbonyl (C=O) groups is 1. The maximum Gasteiger partial charge on any atom is 0.222 e. The van der Waals surface area contributed by atoms with Gasteiger partial charge in [0.25, 0.3) is 0 Å². The van der Waals surface area contributed by atoms with E-state index in [1.165, 1.54) is 12.1 Å². The fourth-order valence-electron chi connectivity index (χ4n) is 3.92. The van der Waals surface area contributed by atoms with Crippen LogP contribution in [0.3, 0.4) is 0 Å². The van der Waals surface area contributed by atoms with Crippen molar-refractivity contribution in [2.24, 2.45) is 10.9 Å². The standard InChI is InChI=1S/C21H33N5O/c1-3-20(27)26-13-11-18(16-26)24-21(22-4-2)23-14-17-10-12-25(15-17)19-8-6-5-7-9-19/h5-9,17-18H,3-4,10-16H2,1-2H3,(H2,22,23,24). The summed E-state index contributed by atoms with van der Waals surface area (Å²) < 4.78 is 0. The van der Waals surface area contributed by atoms with Crippen LogP contribution in [-0.4, -0.2) is 62.1 Å². The monoisotopic (exact) mass is 371 g/mol. The number of hydrogen-bond acceptors (Lipinski definition) is 3. The average molecular weight is 372 g/mol. The van der Waals surface area contributed by atoms with Crippen LogP contribution in [-0.2, 0) is 4.79 Å². The summed E-state index contributed by atoms with van der Waals surface area (Å²) >= 11 is 0. The van der Waals surface area contributed by atoms with Gasteiger partial charge in [-0.3, -0.25) is 9.79 Å². The van der Waals surface area contributed by atoms with Gasteiger partial charge < -0.3 is 20.4 Å². The van der Waals surface area contributed by atoms with Gasteiger partial charge in [0.2, 0.25) is 5.91 Å². The summed E-state index contributed by atoms with van der Waals surface area (Å²) in [6.45, 7) is 9.49. The average Bonchev–Trinajstić information content (AvgIpc) is 3.36. The van der Waals surface area contributed by atoms with E-state index in [0.717, 1.165) is 51.6 Å². The Balaban J connectivity index is 1.50. The quantitative estimate of drug-likeness (QED) is 0.594. The van der Waals surface area contributed by atoms with E-state index < -0.39 is 0 Å². The predicted molar refractivity (Wildman–Crippen MR) is 111 cm³/mol. The zero-order chi connectivity index (χ0) is 19.1. The summed E-state index contributed by atoms with van der Waals surface area (Å²) in [6, 6.07) is 10.9. The maximum atomic E-state index is 11.9. The first kappa shape index (κ1) is 19.5. The number of anilines is 1. The molecule has 2 aliphatic rings. The highest BCUT2D eigenvalue weighted by Crippen LogP contribution is 2.23. The molecule has 2 heterocycles. The lowest BCUT2D eigenvalue weighted by molar-refractivity contribution is -0.129. The minimum atomic E-state index is 0.244. The number of carbonyl (C=O) groups excluding carboxylic acids is 1. The first-order chi connectivity index (χ1) is 13.2. The Morgan fingerprint density at radius 2 is 1.96 bits per heavy atom. The van der Waals surface area contributed by atoms with Crippen LogP contribution in [0.2, 0.25) is 0 Å². The van der Waals surface area contributed by atoms with Gasteiger partial charge in [-0.25, -0.2) is 0 Å². The number of rotatable bonds is 6. The van der Waals surface area contributed by atoms with Crippen molar-refractivity contribution in [2.75, 3.05) is 44.2 Å². The van der Waals surface area contributed by atoms with Gasteiger partial charge in [0.05, 0.1) is 0 Å².